The third kappa shape index (κ3) is 4.89. The molecule has 0 bridgehead atoms. The summed E-state index contributed by atoms with van der Waals surface area (Å²) in [6.07, 6.45) is 4.14. The van der Waals surface area contributed by atoms with Crippen molar-refractivity contribution in [3.05, 3.63) is 59.9 Å². The van der Waals surface area contributed by atoms with Crippen LogP contribution in [0.5, 0.6) is 0 Å². The van der Waals surface area contributed by atoms with Gasteiger partial charge in [0.2, 0.25) is 5.95 Å². The lowest BCUT2D eigenvalue weighted by molar-refractivity contribution is 0.292. The fourth-order valence-corrected chi connectivity index (χ4v) is 2.41. The highest BCUT2D eigenvalue weighted by molar-refractivity contribution is 6.30. The quantitative estimate of drug-likeness (QED) is 0.560. The molecule has 25 heavy (non-hydrogen) atoms. The minimum atomic E-state index is 0.161. The first-order chi connectivity index (χ1) is 12.2. The van der Waals surface area contributed by atoms with E-state index in [9.17, 15) is 0 Å². The molecule has 0 saturated carbocycles. The van der Waals surface area contributed by atoms with Crippen molar-refractivity contribution in [1.82, 2.24) is 15.0 Å². The summed E-state index contributed by atoms with van der Waals surface area (Å²) in [5.74, 6) is 1.26. The fourth-order valence-electron chi connectivity index (χ4n) is 2.22. The Kier molecular flexibility index (Phi) is 5.77. The highest BCUT2D eigenvalue weighted by atomic mass is 35.5. The second kappa shape index (κ2) is 8.41. The molecule has 2 aromatic heterocycles. The zero-order valence-electron chi connectivity index (χ0n) is 13.5. The van der Waals surface area contributed by atoms with Gasteiger partial charge >= 0.3 is 0 Å². The SMILES string of the molecule is OCCCNc1ccc(-c2ccnc(Nc3cccc(Cl)c3)n2)cn1. The van der Waals surface area contributed by atoms with Gasteiger partial charge in [0.15, 0.2) is 0 Å². The lowest BCUT2D eigenvalue weighted by atomic mass is 10.2. The third-order valence-corrected chi connectivity index (χ3v) is 3.67. The molecule has 0 radical (unpaired) electrons. The molecule has 0 aliphatic heterocycles. The first kappa shape index (κ1) is 17.1. The average Bonchev–Trinajstić information content (AvgIpc) is 2.63. The minimum absolute atomic E-state index is 0.161. The van der Waals surface area contributed by atoms with Gasteiger partial charge in [-0.25, -0.2) is 15.0 Å². The lowest BCUT2D eigenvalue weighted by Gasteiger charge is -2.08. The first-order valence-corrected chi connectivity index (χ1v) is 8.29. The fraction of sp³-hybridized carbons (Fsp3) is 0.167. The third-order valence-electron chi connectivity index (χ3n) is 3.44. The van der Waals surface area contributed by atoms with Gasteiger partial charge in [0.05, 0.1) is 5.69 Å². The maximum Gasteiger partial charge on any atom is 0.227 e. The number of halogens is 1. The number of hydrogen-bond donors (Lipinski definition) is 3. The van der Waals surface area contributed by atoms with E-state index in [0.717, 1.165) is 22.8 Å². The maximum absolute atomic E-state index is 8.80. The van der Waals surface area contributed by atoms with Crippen LogP contribution in [-0.4, -0.2) is 33.2 Å². The molecule has 2 heterocycles. The molecule has 0 unspecified atom stereocenters. The molecule has 0 amide bonds. The maximum atomic E-state index is 8.80. The van der Waals surface area contributed by atoms with Crippen LogP contribution in [0.15, 0.2) is 54.9 Å². The molecule has 0 saturated heterocycles. The molecule has 1 aromatic carbocycles. The van der Waals surface area contributed by atoms with Gasteiger partial charge in [-0.2, -0.15) is 0 Å². The van der Waals surface area contributed by atoms with Gasteiger partial charge in [-0.05, 0) is 42.8 Å². The van der Waals surface area contributed by atoms with E-state index < -0.39 is 0 Å². The molecular weight excluding hydrogens is 338 g/mol. The molecule has 3 rings (SSSR count). The predicted molar refractivity (Wildman–Crippen MR) is 100 cm³/mol. The van der Waals surface area contributed by atoms with E-state index in [4.69, 9.17) is 16.7 Å². The van der Waals surface area contributed by atoms with Crippen LogP contribution in [0.2, 0.25) is 5.02 Å². The predicted octanol–water partition coefficient (Wildman–Crippen LogP) is 3.73. The number of hydrogen-bond acceptors (Lipinski definition) is 6. The van der Waals surface area contributed by atoms with Crippen molar-refractivity contribution in [2.45, 2.75) is 6.42 Å². The van der Waals surface area contributed by atoms with E-state index in [1.807, 2.05) is 42.5 Å². The zero-order chi connectivity index (χ0) is 17.5. The number of aromatic nitrogens is 3. The van der Waals surface area contributed by atoms with E-state index in [1.54, 1.807) is 12.4 Å². The molecule has 0 atom stereocenters. The van der Waals surface area contributed by atoms with Crippen LogP contribution in [0, 0.1) is 0 Å². The summed E-state index contributed by atoms with van der Waals surface area (Å²) in [6, 6.07) is 13.0. The average molecular weight is 356 g/mol. The number of rotatable bonds is 7. The molecule has 3 N–H and O–H groups in total. The second-order valence-electron chi connectivity index (χ2n) is 5.34. The highest BCUT2D eigenvalue weighted by Crippen LogP contribution is 2.21. The highest BCUT2D eigenvalue weighted by Gasteiger charge is 2.04. The smallest absolute Gasteiger partial charge is 0.227 e. The van der Waals surface area contributed by atoms with Gasteiger partial charge in [-0.1, -0.05) is 17.7 Å². The molecule has 0 aliphatic rings. The van der Waals surface area contributed by atoms with Crippen molar-refractivity contribution < 1.29 is 5.11 Å². The summed E-state index contributed by atoms with van der Waals surface area (Å²) >= 11 is 5.99. The normalized spacial score (nSPS) is 10.5. The van der Waals surface area contributed by atoms with Crippen molar-refractivity contribution in [3.8, 4) is 11.3 Å². The Labute approximate surface area is 150 Å². The Balaban J connectivity index is 1.72. The van der Waals surface area contributed by atoms with Gasteiger partial charge in [0.1, 0.15) is 5.82 Å². The molecule has 3 aromatic rings. The Bertz CT molecular complexity index is 826. The summed E-state index contributed by atoms with van der Waals surface area (Å²) in [5, 5.41) is 15.7. The van der Waals surface area contributed by atoms with Crippen LogP contribution >= 0.6 is 11.6 Å². The summed E-state index contributed by atoms with van der Waals surface area (Å²) < 4.78 is 0. The summed E-state index contributed by atoms with van der Waals surface area (Å²) in [4.78, 5) is 13.1. The number of benzene rings is 1. The molecule has 6 nitrogen and oxygen atoms in total. The first-order valence-electron chi connectivity index (χ1n) is 7.91. The number of nitrogens with zero attached hydrogens (tertiary/aromatic N) is 3. The summed E-state index contributed by atoms with van der Waals surface area (Å²) in [6.45, 7) is 0.846. The second-order valence-corrected chi connectivity index (χ2v) is 5.77. The number of aliphatic hydroxyl groups excluding tert-OH is 1. The molecular formula is C18H18ClN5O. The number of nitrogens with one attached hydrogen (secondary N) is 2. The number of pyridine rings is 1. The van der Waals surface area contributed by atoms with Crippen molar-refractivity contribution in [3.63, 3.8) is 0 Å². The Morgan fingerprint density at radius 3 is 2.76 bits per heavy atom. The van der Waals surface area contributed by atoms with Crippen LogP contribution in [0.1, 0.15) is 6.42 Å². The Morgan fingerprint density at radius 1 is 1.08 bits per heavy atom. The van der Waals surface area contributed by atoms with E-state index in [1.165, 1.54) is 0 Å². The van der Waals surface area contributed by atoms with Gasteiger partial charge in [-0.3, -0.25) is 0 Å². The number of aliphatic hydroxyl groups is 1. The van der Waals surface area contributed by atoms with Crippen molar-refractivity contribution in [2.24, 2.45) is 0 Å². The lowest BCUT2D eigenvalue weighted by Crippen LogP contribution is -2.04. The molecule has 0 fully saturated rings. The van der Waals surface area contributed by atoms with Crippen LogP contribution in [0.3, 0.4) is 0 Å². The van der Waals surface area contributed by atoms with Gasteiger partial charge in [-0.15, -0.1) is 0 Å². The van der Waals surface area contributed by atoms with Gasteiger partial charge < -0.3 is 15.7 Å². The minimum Gasteiger partial charge on any atom is -0.396 e. The van der Waals surface area contributed by atoms with Crippen molar-refractivity contribution in [1.29, 1.82) is 0 Å². The number of anilines is 3. The summed E-state index contributed by atoms with van der Waals surface area (Å²) in [7, 11) is 0. The topological polar surface area (TPSA) is 83.0 Å². The van der Waals surface area contributed by atoms with E-state index in [-0.39, 0.29) is 6.61 Å². The van der Waals surface area contributed by atoms with Gasteiger partial charge in [0.25, 0.3) is 0 Å². The van der Waals surface area contributed by atoms with E-state index in [0.29, 0.717) is 23.9 Å². The van der Waals surface area contributed by atoms with E-state index >= 15 is 0 Å². The van der Waals surface area contributed by atoms with Crippen LogP contribution in [0.25, 0.3) is 11.3 Å². The van der Waals surface area contributed by atoms with Gasteiger partial charge in [0, 0.05) is 41.8 Å². The van der Waals surface area contributed by atoms with Crippen molar-refractivity contribution in [2.75, 3.05) is 23.8 Å². The van der Waals surface area contributed by atoms with E-state index in [2.05, 4.69) is 25.6 Å². The largest absolute Gasteiger partial charge is 0.396 e. The molecule has 0 spiro atoms. The molecule has 0 aliphatic carbocycles. The standard InChI is InChI=1S/C18H18ClN5O/c19-14-3-1-4-15(11-14)23-18-21-9-7-16(24-18)13-5-6-17(22-12-13)20-8-2-10-25/h1,3-7,9,11-12,25H,2,8,10H2,(H,20,22)(H,21,23,24). The monoisotopic (exact) mass is 355 g/mol. The van der Waals surface area contributed by atoms with Crippen LogP contribution in [-0.2, 0) is 0 Å². The van der Waals surface area contributed by atoms with Crippen molar-refractivity contribution >= 4 is 29.1 Å². The Morgan fingerprint density at radius 2 is 2.00 bits per heavy atom. The van der Waals surface area contributed by atoms with Crippen LogP contribution < -0.4 is 10.6 Å². The zero-order valence-corrected chi connectivity index (χ0v) is 14.2. The molecule has 128 valence electrons. The van der Waals surface area contributed by atoms with Crippen LogP contribution in [0.4, 0.5) is 17.5 Å². The summed E-state index contributed by atoms with van der Waals surface area (Å²) in [5.41, 5.74) is 2.49. The Hall–Kier alpha value is -2.70. The molecule has 7 heteroatoms.